The number of halogens is 4. The highest BCUT2D eigenvalue weighted by molar-refractivity contribution is 9.09. The normalized spacial score (nSPS) is 13.5. The number of nitrogens with one attached hydrogen (secondary N) is 1. The average molecular weight is 320 g/mol. The zero-order chi connectivity index (χ0) is 13.3. The monoisotopic (exact) mass is 319 g/mol. The van der Waals surface area contributed by atoms with Gasteiger partial charge in [0, 0.05) is 11.9 Å². The lowest BCUT2D eigenvalue weighted by atomic mass is 10.0. The standard InChI is InChI=1S/C10H17BrF3NO2/c1-2-8(3-4-11)5-15-9(16)6-17-7-10(12,13)14/h8H,2-7H2,1H3,(H,15,16). The van der Waals surface area contributed by atoms with Crippen molar-refractivity contribution in [3.05, 3.63) is 0 Å². The molecule has 0 aromatic heterocycles. The number of alkyl halides is 4. The van der Waals surface area contributed by atoms with Gasteiger partial charge in [-0.15, -0.1) is 0 Å². The highest BCUT2D eigenvalue weighted by Gasteiger charge is 2.27. The first-order valence-corrected chi connectivity index (χ1v) is 6.48. The minimum Gasteiger partial charge on any atom is -0.362 e. The molecule has 0 saturated carbocycles. The Labute approximate surface area is 107 Å². The maximum atomic E-state index is 11.7. The second-order valence-electron chi connectivity index (χ2n) is 3.66. The molecule has 102 valence electrons. The molecule has 0 fully saturated rings. The van der Waals surface area contributed by atoms with Crippen LogP contribution in [0.3, 0.4) is 0 Å². The van der Waals surface area contributed by atoms with Crippen LogP contribution >= 0.6 is 15.9 Å². The lowest BCUT2D eigenvalue weighted by Crippen LogP contribution is -2.33. The van der Waals surface area contributed by atoms with Crippen molar-refractivity contribution in [1.29, 1.82) is 0 Å². The van der Waals surface area contributed by atoms with Crippen molar-refractivity contribution in [3.8, 4) is 0 Å². The first-order chi connectivity index (χ1) is 7.89. The van der Waals surface area contributed by atoms with Crippen molar-refractivity contribution in [2.24, 2.45) is 5.92 Å². The Balaban J connectivity index is 3.65. The number of ether oxygens (including phenoxy) is 1. The van der Waals surface area contributed by atoms with Crippen molar-refractivity contribution in [1.82, 2.24) is 5.32 Å². The lowest BCUT2D eigenvalue weighted by Gasteiger charge is -2.14. The second kappa shape index (κ2) is 8.74. The first-order valence-electron chi connectivity index (χ1n) is 5.36. The second-order valence-corrected chi connectivity index (χ2v) is 4.46. The van der Waals surface area contributed by atoms with E-state index >= 15 is 0 Å². The predicted molar refractivity (Wildman–Crippen MR) is 62.1 cm³/mol. The summed E-state index contributed by atoms with van der Waals surface area (Å²) in [4.78, 5) is 11.1. The van der Waals surface area contributed by atoms with E-state index in [1.807, 2.05) is 6.92 Å². The smallest absolute Gasteiger partial charge is 0.362 e. The molecule has 0 spiro atoms. The zero-order valence-electron chi connectivity index (χ0n) is 9.65. The Kier molecular flexibility index (Phi) is 8.59. The van der Waals surface area contributed by atoms with Crippen LogP contribution in [0.5, 0.6) is 0 Å². The van der Waals surface area contributed by atoms with Gasteiger partial charge in [0.05, 0.1) is 0 Å². The van der Waals surface area contributed by atoms with Gasteiger partial charge in [-0.05, 0) is 12.3 Å². The van der Waals surface area contributed by atoms with E-state index in [2.05, 4.69) is 26.0 Å². The van der Waals surface area contributed by atoms with Crippen molar-refractivity contribution in [2.45, 2.75) is 25.9 Å². The molecule has 0 radical (unpaired) electrons. The summed E-state index contributed by atoms with van der Waals surface area (Å²) in [6, 6.07) is 0. The molecular formula is C10H17BrF3NO2. The van der Waals surface area contributed by atoms with Gasteiger partial charge in [0.25, 0.3) is 0 Å². The van der Waals surface area contributed by atoms with E-state index in [4.69, 9.17) is 0 Å². The summed E-state index contributed by atoms with van der Waals surface area (Å²) < 4.78 is 39.4. The summed E-state index contributed by atoms with van der Waals surface area (Å²) in [5.41, 5.74) is 0. The fourth-order valence-corrected chi connectivity index (χ4v) is 1.82. The van der Waals surface area contributed by atoms with Gasteiger partial charge in [0.2, 0.25) is 5.91 Å². The molecular weight excluding hydrogens is 303 g/mol. The van der Waals surface area contributed by atoms with Crippen molar-refractivity contribution in [3.63, 3.8) is 0 Å². The molecule has 1 N–H and O–H groups in total. The van der Waals surface area contributed by atoms with E-state index in [0.29, 0.717) is 12.5 Å². The molecule has 1 unspecified atom stereocenters. The Morgan fingerprint density at radius 3 is 2.59 bits per heavy atom. The van der Waals surface area contributed by atoms with E-state index in [-0.39, 0.29) is 0 Å². The minimum atomic E-state index is -4.39. The van der Waals surface area contributed by atoms with Crippen LogP contribution < -0.4 is 5.32 Å². The summed E-state index contributed by atoms with van der Waals surface area (Å²) in [6.45, 7) is 0.527. The van der Waals surface area contributed by atoms with Gasteiger partial charge < -0.3 is 10.1 Å². The quantitative estimate of drug-likeness (QED) is 0.698. The van der Waals surface area contributed by atoms with Crippen molar-refractivity contribution < 1.29 is 22.7 Å². The molecule has 0 aliphatic heterocycles. The Morgan fingerprint density at radius 1 is 1.47 bits per heavy atom. The van der Waals surface area contributed by atoms with Crippen molar-refractivity contribution >= 4 is 21.8 Å². The number of hydrogen-bond donors (Lipinski definition) is 1. The maximum absolute atomic E-state index is 11.7. The molecule has 0 bridgehead atoms. The number of hydrogen-bond acceptors (Lipinski definition) is 2. The number of rotatable bonds is 8. The minimum absolute atomic E-state index is 0.334. The van der Waals surface area contributed by atoms with Gasteiger partial charge in [-0.3, -0.25) is 4.79 Å². The molecule has 0 aliphatic rings. The van der Waals surface area contributed by atoms with Gasteiger partial charge in [-0.2, -0.15) is 13.2 Å². The van der Waals surface area contributed by atoms with E-state index in [0.717, 1.165) is 18.2 Å². The Morgan fingerprint density at radius 2 is 2.12 bits per heavy atom. The van der Waals surface area contributed by atoms with Crippen LogP contribution in [0.1, 0.15) is 19.8 Å². The third-order valence-corrected chi connectivity index (χ3v) is 2.64. The molecule has 7 heteroatoms. The van der Waals surface area contributed by atoms with E-state index in [1.54, 1.807) is 0 Å². The fourth-order valence-electron chi connectivity index (χ4n) is 1.17. The summed E-state index contributed by atoms with van der Waals surface area (Å²) in [5.74, 6) is -0.178. The van der Waals surface area contributed by atoms with Gasteiger partial charge in [-0.1, -0.05) is 29.3 Å². The predicted octanol–water partition coefficient (Wildman–Crippen LogP) is 2.49. The molecule has 3 nitrogen and oxygen atoms in total. The van der Waals surface area contributed by atoms with Crippen LogP contribution in [-0.2, 0) is 9.53 Å². The van der Waals surface area contributed by atoms with E-state index < -0.39 is 25.3 Å². The average Bonchev–Trinajstić information content (AvgIpc) is 2.22. The Hall–Kier alpha value is -0.300. The third-order valence-electron chi connectivity index (χ3n) is 2.18. The number of amides is 1. The summed E-state index contributed by atoms with van der Waals surface area (Å²) >= 11 is 3.30. The van der Waals surface area contributed by atoms with Gasteiger partial charge in [-0.25, -0.2) is 0 Å². The Bertz CT molecular complexity index is 224. The molecule has 0 aromatic rings. The molecule has 1 atom stereocenters. The fraction of sp³-hybridized carbons (Fsp3) is 0.900. The maximum Gasteiger partial charge on any atom is 0.411 e. The summed E-state index contributed by atoms with van der Waals surface area (Å²) in [6.07, 6.45) is -2.56. The van der Waals surface area contributed by atoms with Gasteiger partial charge in [0.1, 0.15) is 13.2 Å². The topological polar surface area (TPSA) is 38.3 Å². The molecule has 0 aliphatic carbocycles. The molecule has 0 heterocycles. The summed E-state index contributed by atoms with van der Waals surface area (Å²) in [5, 5.41) is 3.39. The number of carbonyl (C=O) groups excluding carboxylic acids is 1. The van der Waals surface area contributed by atoms with E-state index in [9.17, 15) is 18.0 Å². The third kappa shape index (κ3) is 10.6. The summed E-state index contributed by atoms with van der Waals surface area (Å²) in [7, 11) is 0. The van der Waals surface area contributed by atoms with Crippen LogP contribution in [0.2, 0.25) is 0 Å². The largest absolute Gasteiger partial charge is 0.411 e. The van der Waals surface area contributed by atoms with Crippen LogP contribution in [0.15, 0.2) is 0 Å². The van der Waals surface area contributed by atoms with Crippen LogP contribution in [0.25, 0.3) is 0 Å². The SMILES string of the molecule is CCC(CCBr)CNC(=O)COCC(F)(F)F. The first kappa shape index (κ1) is 16.7. The molecule has 0 aromatic carbocycles. The van der Waals surface area contributed by atoms with Gasteiger partial charge >= 0.3 is 6.18 Å². The van der Waals surface area contributed by atoms with Crippen LogP contribution in [0, 0.1) is 5.92 Å². The highest BCUT2D eigenvalue weighted by atomic mass is 79.9. The van der Waals surface area contributed by atoms with E-state index in [1.165, 1.54) is 0 Å². The molecule has 0 saturated heterocycles. The van der Waals surface area contributed by atoms with Crippen molar-refractivity contribution in [2.75, 3.05) is 25.1 Å². The van der Waals surface area contributed by atoms with Gasteiger partial charge in [0.15, 0.2) is 0 Å². The zero-order valence-corrected chi connectivity index (χ0v) is 11.2. The van der Waals surface area contributed by atoms with Crippen LogP contribution in [-0.4, -0.2) is 37.2 Å². The molecule has 17 heavy (non-hydrogen) atoms. The molecule has 0 rings (SSSR count). The highest BCUT2D eigenvalue weighted by Crippen LogP contribution is 2.14. The molecule has 1 amide bonds. The number of carbonyl (C=O) groups is 1. The van der Waals surface area contributed by atoms with Crippen LogP contribution in [0.4, 0.5) is 13.2 Å². The lowest BCUT2D eigenvalue weighted by molar-refractivity contribution is -0.175.